The van der Waals surface area contributed by atoms with E-state index in [9.17, 15) is 0 Å². The lowest BCUT2D eigenvalue weighted by molar-refractivity contribution is 0.769. The SMILES string of the molecule is c1ccc(C2(c3ccccc3)c3cc(-c4ccc5cc(-c6ccc7ccccc7c6)ccc5c4)ccc3-c3c2ccc2ccccc32)cc1. The summed E-state index contributed by atoms with van der Waals surface area (Å²) in [5, 5.41) is 7.60. The molecule has 0 aliphatic heterocycles. The van der Waals surface area contributed by atoms with Crippen LogP contribution in [0, 0.1) is 0 Å². The summed E-state index contributed by atoms with van der Waals surface area (Å²) in [6, 6.07) is 71.9. The van der Waals surface area contributed by atoms with Crippen molar-refractivity contribution in [1.82, 2.24) is 0 Å². The van der Waals surface area contributed by atoms with E-state index in [1.807, 2.05) is 0 Å². The van der Waals surface area contributed by atoms with Crippen molar-refractivity contribution in [3.05, 3.63) is 216 Å². The van der Waals surface area contributed by atoms with Crippen LogP contribution in [0.4, 0.5) is 0 Å². The van der Waals surface area contributed by atoms with Crippen LogP contribution in [0.15, 0.2) is 194 Å². The molecular weight excluding hydrogens is 589 g/mol. The number of hydrogen-bond acceptors (Lipinski definition) is 0. The summed E-state index contributed by atoms with van der Waals surface area (Å²) in [7, 11) is 0. The van der Waals surface area contributed by atoms with Crippen molar-refractivity contribution in [2.75, 3.05) is 0 Å². The molecule has 0 saturated heterocycles. The average molecular weight is 621 g/mol. The number of rotatable bonds is 4. The minimum Gasteiger partial charge on any atom is -0.0622 e. The van der Waals surface area contributed by atoms with Gasteiger partial charge in [-0.2, -0.15) is 0 Å². The van der Waals surface area contributed by atoms with Crippen LogP contribution in [0.3, 0.4) is 0 Å². The summed E-state index contributed by atoms with van der Waals surface area (Å²) in [5.74, 6) is 0. The lowest BCUT2D eigenvalue weighted by Crippen LogP contribution is -2.28. The maximum Gasteiger partial charge on any atom is 0.0714 e. The summed E-state index contributed by atoms with van der Waals surface area (Å²) in [6.07, 6.45) is 0. The monoisotopic (exact) mass is 620 g/mol. The third kappa shape index (κ3) is 4.24. The van der Waals surface area contributed by atoms with Gasteiger partial charge in [0.1, 0.15) is 0 Å². The van der Waals surface area contributed by atoms with Gasteiger partial charge in [-0.1, -0.05) is 170 Å². The lowest BCUT2D eigenvalue weighted by atomic mass is 9.67. The second-order valence-corrected chi connectivity index (χ2v) is 13.3. The van der Waals surface area contributed by atoms with Crippen molar-refractivity contribution in [3.8, 4) is 33.4 Å². The molecular formula is C49H32. The van der Waals surface area contributed by atoms with Crippen molar-refractivity contribution < 1.29 is 0 Å². The molecule has 1 aliphatic rings. The van der Waals surface area contributed by atoms with Crippen molar-refractivity contribution in [2.45, 2.75) is 5.41 Å². The van der Waals surface area contributed by atoms with Crippen LogP contribution < -0.4 is 0 Å². The topological polar surface area (TPSA) is 0 Å². The van der Waals surface area contributed by atoms with Crippen LogP contribution in [0.5, 0.6) is 0 Å². The molecule has 9 aromatic rings. The van der Waals surface area contributed by atoms with Gasteiger partial charge in [0.05, 0.1) is 5.41 Å². The molecule has 0 saturated carbocycles. The molecule has 1 aliphatic carbocycles. The molecule has 0 fully saturated rings. The van der Waals surface area contributed by atoms with Gasteiger partial charge in [0.25, 0.3) is 0 Å². The molecule has 0 heterocycles. The molecule has 0 radical (unpaired) electrons. The van der Waals surface area contributed by atoms with E-state index >= 15 is 0 Å². The second kappa shape index (κ2) is 10.9. The van der Waals surface area contributed by atoms with Gasteiger partial charge >= 0.3 is 0 Å². The van der Waals surface area contributed by atoms with Crippen LogP contribution in [0.25, 0.3) is 65.7 Å². The van der Waals surface area contributed by atoms with Crippen molar-refractivity contribution in [3.63, 3.8) is 0 Å². The second-order valence-electron chi connectivity index (χ2n) is 13.3. The molecule has 10 rings (SSSR count). The van der Waals surface area contributed by atoms with Crippen LogP contribution in [-0.2, 0) is 5.41 Å². The van der Waals surface area contributed by atoms with E-state index in [-0.39, 0.29) is 0 Å². The Morgan fingerprint density at radius 3 is 1.37 bits per heavy atom. The van der Waals surface area contributed by atoms with Gasteiger partial charge in [-0.15, -0.1) is 0 Å². The minimum atomic E-state index is -0.446. The van der Waals surface area contributed by atoms with Crippen LogP contribution in [0.2, 0.25) is 0 Å². The number of benzene rings is 9. The van der Waals surface area contributed by atoms with E-state index in [1.54, 1.807) is 0 Å². The largest absolute Gasteiger partial charge is 0.0714 e. The van der Waals surface area contributed by atoms with E-state index in [4.69, 9.17) is 0 Å². The van der Waals surface area contributed by atoms with Crippen LogP contribution >= 0.6 is 0 Å². The Hall–Kier alpha value is -6.24. The first-order valence-electron chi connectivity index (χ1n) is 17.1. The molecule has 228 valence electrons. The van der Waals surface area contributed by atoms with Crippen molar-refractivity contribution in [2.24, 2.45) is 0 Å². The molecule has 49 heavy (non-hydrogen) atoms. The highest BCUT2D eigenvalue weighted by Crippen LogP contribution is 2.58. The van der Waals surface area contributed by atoms with E-state index in [0.717, 1.165) is 0 Å². The molecule has 0 nitrogen and oxygen atoms in total. The molecule has 0 spiro atoms. The lowest BCUT2D eigenvalue weighted by Gasteiger charge is -2.34. The van der Waals surface area contributed by atoms with Gasteiger partial charge in [0, 0.05) is 0 Å². The third-order valence-electron chi connectivity index (χ3n) is 10.7. The zero-order valence-electron chi connectivity index (χ0n) is 27.0. The van der Waals surface area contributed by atoms with E-state index in [2.05, 4.69) is 194 Å². The summed E-state index contributed by atoms with van der Waals surface area (Å²) in [4.78, 5) is 0. The Labute approximate surface area is 286 Å². The smallest absolute Gasteiger partial charge is 0.0622 e. The highest BCUT2D eigenvalue weighted by atomic mass is 14.5. The first-order chi connectivity index (χ1) is 24.3. The van der Waals surface area contributed by atoms with Crippen LogP contribution in [-0.4, -0.2) is 0 Å². The maximum absolute atomic E-state index is 2.47. The van der Waals surface area contributed by atoms with Gasteiger partial charge in [0.2, 0.25) is 0 Å². The normalized spacial score (nSPS) is 13.1. The molecule has 9 aromatic carbocycles. The quantitative estimate of drug-likeness (QED) is 0.184. The van der Waals surface area contributed by atoms with Crippen molar-refractivity contribution in [1.29, 1.82) is 0 Å². The molecule has 0 bridgehead atoms. The van der Waals surface area contributed by atoms with Gasteiger partial charge in [-0.05, 0) is 112 Å². The fourth-order valence-corrected chi connectivity index (χ4v) is 8.41. The average Bonchev–Trinajstić information content (AvgIpc) is 3.49. The fraction of sp³-hybridized carbons (Fsp3) is 0.0204. The van der Waals surface area contributed by atoms with Gasteiger partial charge in [0.15, 0.2) is 0 Å². The standard InChI is InChI=1S/C49H32/c1-3-14-42(15-4-1)49(43-16-5-2-6-17-43)46-28-26-34-12-9-10-18-44(34)48(46)45-27-25-41(32-47(45)49)40-24-23-38-30-37(21-22-39(38)31-40)36-20-19-33-11-7-8-13-35(33)29-36/h1-32H. The third-order valence-corrected chi connectivity index (χ3v) is 10.7. The Morgan fingerprint density at radius 2 is 0.735 bits per heavy atom. The van der Waals surface area contributed by atoms with Crippen LogP contribution in [0.1, 0.15) is 22.3 Å². The first kappa shape index (κ1) is 27.8. The summed E-state index contributed by atoms with van der Waals surface area (Å²) < 4.78 is 0. The Kier molecular flexibility index (Phi) is 6.19. The fourth-order valence-electron chi connectivity index (χ4n) is 8.41. The summed E-state index contributed by atoms with van der Waals surface area (Å²) in [6.45, 7) is 0. The zero-order chi connectivity index (χ0) is 32.4. The zero-order valence-corrected chi connectivity index (χ0v) is 27.0. The van der Waals surface area contributed by atoms with Gasteiger partial charge in [-0.3, -0.25) is 0 Å². The van der Waals surface area contributed by atoms with Crippen molar-refractivity contribution >= 4 is 32.3 Å². The predicted molar refractivity (Wildman–Crippen MR) is 207 cm³/mol. The molecule has 0 aromatic heterocycles. The Bertz CT molecular complexity index is 2660. The van der Waals surface area contributed by atoms with Gasteiger partial charge in [-0.25, -0.2) is 0 Å². The molecule has 0 amide bonds. The summed E-state index contributed by atoms with van der Waals surface area (Å²) in [5.41, 5.74) is 12.4. The van der Waals surface area contributed by atoms with E-state index in [0.29, 0.717) is 0 Å². The van der Waals surface area contributed by atoms with E-state index < -0.39 is 5.41 Å². The highest BCUT2D eigenvalue weighted by Gasteiger charge is 2.46. The first-order valence-corrected chi connectivity index (χ1v) is 17.1. The predicted octanol–water partition coefficient (Wildman–Crippen LogP) is 12.8. The number of hydrogen-bond donors (Lipinski definition) is 0. The maximum atomic E-state index is 2.47. The van der Waals surface area contributed by atoms with Gasteiger partial charge < -0.3 is 0 Å². The highest BCUT2D eigenvalue weighted by molar-refractivity contribution is 6.04. The molecule has 0 heteroatoms. The molecule has 0 atom stereocenters. The summed E-state index contributed by atoms with van der Waals surface area (Å²) >= 11 is 0. The molecule has 0 unspecified atom stereocenters. The molecule has 0 N–H and O–H groups in total. The van der Waals surface area contributed by atoms with E-state index in [1.165, 1.54) is 88.0 Å². The Morgan fingerprint density at radius 1 is 0.286 bits per heavy atom. The Balaban J connectivity index is 1.16. The number of fused-ring (bicyclic) bond motifs is 7. The minimum absolute atomic E-state index is 0.446.